The highest BCUT2D eigenvalue weighted by molar-refractivity contribution is 7.99. The van der Waals surface area contributed by atoms with E-state index < -0.39 is 0 Å². The van der Waals surface area contributed by atoms with Gasteiger partial charge in [-0.1, -0.05) is 42.8 Å². The second-order valence-electron chi connectivity index (χ2n) is 6.55. The summed E-state index contributed by atoms with van der Waals surface area (Å²) < 4.78 is 11.8. The lowest BCUT2D eigenvalue weighted by Crippen LogP contribution is -2.20. The van der Waals surface area contributed by atoms with Gasteiger partial charge in [0.25, 0.3) is 0 Å². The maximum atomic E-state index is 6.47. The molecule has 0 bridgehead atoms. The summed E-state index contributed by atoms with van der Waals surface area (Å²) in [4.78, 5) is 0. The summed E-state index contributed by atoms with van der Waals surface area (Å²) in [6.45, 7) is 4.87. The van der Waals surface area contributed by atoms with Crippen molar-refractivity contribution in [3.8, 4) is 5.75 Å². The van der Waals surface area contributed by atoms with Crippen molar-refractivity contribution in [3.05, 3.63) is 64.2 Å². The van der Waals surface area contributed by atoms with E-state index in [2.05, 4.69) is 31.2 Å². The summed E-state index contributed by atoms with van der Waals surface area (Å²) in [6, 6.07) is 14.6. The Bertz CT molecular complexity index is 700. The van der Waals surface area contributed by atoms with Crippen molar-refractivity contribution in [3.63, 3.8) is 0 Å². The molecule has 140 valence electrons. The van der Waals surface area contributed by atoms with Gasteiger partial charge in [0.05, 0.1) is 12.7 Å². The molecule has 4 heteroatoms. The molecule has 0 spiro atoms. The SMILES string of the molecule is CCOc1ccc(Cc2cc([C@@H]3CCC[C@@H](SCC)O3)ccc2Cl)cc1. The van der Waals surface area contributed by atoms with Crippen molar-refractivity contribution < 1.29 is 9.47 Å². The molecule has 0 N–H and O–H groups in total. The smallest absolute Gasteiger partial charge is 0.119 e. The summed E-state index contributed by atoms with van der Waals surface area (Å²) in [5.41, 5.74) is 3.96. The molecule has 0 radical (unpaired) electrons. The first-order valence-electron chi connectivity index (χ1n) is 9.46. The van der Waals surface area contributed by atoms with Crippen LogP contribution in [0.3, 0.4) is 0 Å². The maximum absolute atomic E-state index is 6.47. The average Bonchev–Trinajstić information content (AvgIpc) is 2.66. The molecular weight excluding hydrogens is 364 g/mol. The summed E-state index contributed by atoms with van der Waals surface area (Å²) >= 11 is 8.38. The third-order valence-electron chi connectivity index (χ3n) is 4.65. The summed E-state index contributed by atoms with van der Waals surface area (Å²) in [6.07, 6.45) is 4.47. The lowest BCUT2D eigenvalue weighted by molar-refractivity contribution is -0.00509. The molecular formula is C22H27ClO2S. The van der Waals surface area contributed by atoms with Crippen molar-refractivity contribution >= 4 is 23.4 Å². The molecule has 0 aromatic heterocycles. The average molecular weight is 391 g/mol. The molecule has 3 rings (SSSR count). The Balaban J connectivity index is 1.73. The molecule has 1 aliphatic rings. The monoisotopic (exact) mass is 390 g/mol. The van der Waals surface area contributed by atoms with Crippen molar-refractivity contribution in [2.75, 3.05) is 12.4 Å². The molecule has 26 heavy (non-hydrogen) atoms. The first kappa shape index (κ1) is 19.6. The van der Waals surface area contributed by atoms with Crippen LogP contribution in [0.5, 0.6) is 5.75 Å². The topological polar surface area (TPSA) is 18.5 Å². The Kier molecular flexibility index (Phi) is 7.30. The van der Waals surface area contributed by atoms with Crippen LogP contribution in [0, 0.1) is 0 Å². The highest BCUT2D eigenvalue weighted by Crippen LogP contribution is 2.36. The van der Waals surface area contributed by atoms with Gasteiger partial charge in [0, 0.05) is 5.02 Å². The first-order valence-corrected chi connectivity index (χ1v) is 10.9. The molecule has 1 fully saturated rings. The van der Waals surface area contributed by atoms with Gasteiger partial charge in [0.15, 0.2) is 0 Å². The fraction of sp³-hybridized carbons (Fsp3) is 0.455. The van der Waals surface area contributed by atoms with E-state index in [0.29, 0.717) is 12.0 Å². The Morgan fingerprint density at radius 3 is 2.65 bits per heavy atom. The van der Waals surface area contributed by atoms with Gasteiger partial charge in [-0.25, -0.2) is 0 Å². The molecule has 0 unspecified atom stereocenters. The molecule has 1 aliphatic heterocycles. The third kappa shape index (κ3) is 5.18. The Morgan fingerprint density at radius 2 is 1.92 bits per heavy atom. The number of ether oxygens (including phenoxy) is 2. The number of hydrogen-bond acceptors (Lipinski definition) is 3. The van der Waals surface area contributed by atoms with Crippen LogP contribution in [-0.4, -0.2) is 17.8 Å². The molecule has 0 saturated carbocycles. The molecule has 2 aromatic carbocycles. The molecule has 2 nitrogen and oxygen atoms in total. The first-order chi connectivity index (χ1) is 12.7. The molecule has 1 heterocycles. The van der Waals surface area contributed by atoms with Crippen molar-refractivity contribution in [2.45, 2.75) is 51.1 Å². The van der Waals surface area contributed by atoms with E-state index in [1.165, 1.54) is 17.5 Å². The van der Waals surface area contributed by atoms with E-state index in [-0.39, 0.29) is 6.10 Å². The fourth-order valence-corrected chi connectivity index (χ4v) is 4.47. The van der Waals surface area contributed by atoms with Crippen LogP contribution >= 0.6 is 23.4 Å². The van der Waals surface area contributed by atoms with Crippen molar-refractivity contribution in [1.82, 2.24) is 0 Å². The van der Waals surface area contributed by atoms with E-state index in [0.717, 1.165) is 41.4 Å². The van der Waals surface area contributed by atoms with Crippen molar-refractivity contribution in [1.29, 1.82) is 0 Å². The zero-order chi connectivity index (χ0) is 18.4. The standard InChI is InChI=1S/C22H27ClO2S/c1-3-24-19-11-8-16(9-12-19)14-18-15-17(10-13-20(18)23)21-6-5-7-22(25-21)26-4-2/h8-13,15,21-22H,3-7,14H2,1-2H3/t21-,22+/m0/s1. The number of halogens is 1. The molecule has 0 amide bonds. The van der Waals surface area contributed by atoms with Gasteiger partial charge in [-0.3, -0.25) is 0 Å². The minimum Gasteiger partial charge on any atom is -0.494 e. The van der Waals surface area contributed by atoms with E-state index >= 15 is 0 Å². The lowest BCUT2D eigenvalue weighted by atomic mass is 9.97. The van der Waals surface area contributed by atoms with Crippen LogP contribution < -0.4 is 4.74 Å². The van der Waals surface area contributed by atoms with Gasteiger partial charge in [0.1, 0.15) is 11.2 Å². The van der Waals surface area contributed by atoms with Gasteiger partial charge in [-0.2, -0.15) is 0 Å². The highest BCUT2D eigenvalue weighted by atomic mass is 35.5. The molecule has 2 atom stereocenters. The minimum absolute atomic E-state index is 0.184. The molecule has 1 saturated heterocycles. The van der Waals surface area contributed by atoms with Crippen LogP contribution in [0.1, 0.15) is 55.9 Å². The lowest BCUT2D eigenvalue weighted by Gasteiger charge is -2.30. The summed E-state index contributed by atoms with van der Waals surface area (Å²) in [7, 11) is 0. The van der Waals surface area contributed by atoms with Crippen LogP contribution in [0.4, 0.5) is 0 Å². The Hall–Kier alpha value is -1.16. The Morgan fingerprint density at radius 1 is 1.12 bits per heavy atom. The maximum Gasteiger partial charge on any atom is 0.119 e. The number of thioether (sulfide) groups is 1. The summed E-state index contributed by atoms with van der Waals surface area (Å²) in [5, 5.41) is 0.818. The second-order valence-corrected chi connectivity index (χ2v) is 8.39. The molecule has 0 aliphatic carbocycles. The molecule has 2 aromatic rings. The van der Waals surface area contributed by atoms with Crippen LogP contribution in [0.15, 0.2) is 42.5 Å². The van der Waals surface area contributed by atoms with Crippen LogP contribution in [0.25, 0.3) is 0 Å². The van der Waals surface area contributed by atoms with Gasteiger partial charge in [0.2, 0.25) is 0 Å². The van der Waals surface area contributed by atoms with Crippen molar-refractivity contribution in [2.24, 2.45) is 0 Å². The quantitative estimate of drug-likeness (QED) is 0.527. The number of hydrogen-bond donors (Lipinski definition) is 0. The Labute approximate surface area is 166 Å². The van der Waals surface area contributed by atoms with Gasteiger partial charge >= 0.3 is 0 Å². The van der Waals surface area contributed by atoms with Gasteiger partial charge < -0.3 is 9.47 Å². The zero-order valence-electron chi connectivity index (χ0n) is 15.5. The number of benzene rings is 2. The minimum atomic E-state index is 0.184. The van der Waals surface area contributed by atoms with E-state index in [9.17, 15) is 0 Å². The predicted molar refractivity (Wildman–Crippen MR) is 111 cm³/mol. The second kappa shape index (κ2) is 9.68. The zero-order valence-corrected chi connectivity index (χ0v) is 17.1. The van der Waals surface area contributed by atoms with E-state index in [4.69, 9.17) is 21.1 Å². The predicted octanol–water partition coefficient (Wildman–Crippen LogP) is 6.65. The van der Waals surface area contributed by atoms with Crippen LogP contribution in [-0.2, 0) is 11.2 Å². The normalized spacial score (nSPS) is 20.1. The van der Waals surface area contributed by atoms with E-state index in [1.54, 1.807) is 0 Å². The van der Waals surface area contributed by atoms with Gasteiger partial charge in [-0.15, -0.1) is 11.8 Å². The fourth-order valence-electron chi connectivity index (χ4n) is 3.36. The largest absolute Gasteiger partial charge is 0.494 e. The number of rotatable bonds is 7. The van der Waals surface area contributed by atoms with Gasteiger partial charge in [-0.05, 0) is 73.2 Å². The van der Waals surface area contributed by atoms with Crippen LogP contribution in [0.2, 0.25) is 5.02 Å². The summed E-state index contributed by atoms with van der Waals surface area (Å²) in [5.74, 6) is 2.01. The third-order valence-corrected chi connectivity index (χ3v) is 6.07. The van der Waals surface area contributed by atoms with E-state index in [1.807, 2.05) is 36.9 Å². The highest BCUT2D eigenvalue weighted by Gasteiger charge is 2.24.